The van der Waals surface area contributed by atoms with Gasteiger partial charge in [0, 0.05) is 24.7 Å². The highest BCUT2D eigenvalue weighted by Gasteiger charge is 2.32. The number of carbonyl (C=O) groups is 1. The summed E-state index contributed by atoms with van der Waals surface area (Å²) >= 11 is 0. The first kappa shape index (κ1) is 24.0. The lowest BCUT2D eigenvalue weighted by Gasteiger charge is -2.30. The Kier molecular flexibility index (Phi) is 7.11. The van der Waals surface area contributed by atoms with Crippen LogP contribution in [0.4, 0.5) is 11.4 Å². The number of methoxy groups -OCH3 is 1. The van der Waals surface area contributed by atoms with Crippen LogP contribution in [0.1, 0.15) is 18.4 Å². The third-order valence-corrected chi connectivity index (χ3v) is 7.83. The Labute approximate surface area is 188 Å². The lowest BCUT2D eigenvalue weighted by molar-refractivity contribution is -0.120. The molecule has 2 aromatic carbocycles. The Hall–Kier alpha value is -2.63. The van der Waals surface area contributed by atoms with Gasteiger partial charge in [-0.15, -0.1) is 0 Å². The second kappa shape index (κ2) is 9.47. The zero-order valence-electron chi connectivity index (χ0n) is 18.2. The maximum Gasteiger partial charge on any atom is 0.243 e. The van der Waals surface area contributed by atoms with E-state index in [0.29, 0.717) is 30.0 Å². The van der Waals surface area contributed by atoms with Gasteiger partial charge in [-0.25, -0.2) is 16.8 Å². The maximum absolute atomic E-state index is 12.9. The minimum absolute atomic E-state index is 0.187. The van der Waals surface area contributed by atoms with Crippen LogP contribution in [0.3, 0.4) is 0 Å². The largest absolute Gasteiger partial charge is 0.497 e. The lowest BCUT2D eigenvalue weighted by atomic mass is 9.97. The van der Waals surface area contributed by atoms with E-state index in [-0.39, 0.29) is 29.8 Å². The van der Waals surface area contributed by atoms with Gasteiger partial charge in [0.15, 0.2) is 0 Å². The molecule has 0 radical (unpaired) electrons. The zero-order valence-corrected chi connectivity index (χ0v) is 19.8. The summed E-state index contributed by atoms with van der Waals surface area (Å²) in [6, 6.07) is 11.2. The standard InChI is InChI=1S/C21H27N3O6S2/c1-15-4-5-17(14-20(15)23-31(3,26)27)22-21(25)16-10-12-24(13-11-16)32(28,29)19-8-6-18(30-2)7-9-19/h4-9,14,16,23H,10-13H2,1-3H3,(H,22,25). The van der Waals surface area contributed by atoms with Gasteiger partial charge in [0.05, 0.1) is 23.9 Å². The first-order valence-electron chi connectivity index (χ1n) is 10.0. The molecule has 1 aliphatic heterocycles. The molecular formula is C21H27N3O6S2. The van der Waals surface area contributed by atoms with Crippen LogP contribution < -0.4 is 14.8 Å². The Morgan fingerprint density at radius 1 is 1.03 bits per heavy atom. The molecule has 1 fully saturated rings. The molecule has 1 heterocycles. The molecule has 3 rings (SSSR count). The fourth-order valence-electron chi connectivity index (χ4n) is 3.51. The van der Waals surface area contributed by atoms with Crippen LogP contribution in [-0.4, -0.2) is 53.5 Å². The zero-order chi connectivity index (χ0) is 23.5. The van der Waals surface area contributed by atoms with Gasteiger partial charge in [-0.1, -0.05) is 6.07 Å². The van der Waals surface area contributed by atoms with Gasteiger partial charge in [0.25, 0.3) is 0 Å². The van der Waals surface area contributed by atoms with E-state index in [1.807, 2.05) is 0 Å². The number of ether oxygens (including phenoxy) is 1. The summed E-state index contributed by atoms with van der Waals surface area (Å²) in [6.07, 6.45) is 1.84. The van der Waals surface area contributed by atoms with Gasteiger partial charge < -0.3 is 10.1 Å². The molecule has 32 heavy (non-hydrogen) atoms. The summed E-state index contributed by atoms with van der Waals surface area (Å²) in [7, 11) is -5.57. The van der Waals surface area contributed by atoms with Crippen molar-refractivity contribution in [3.05, 3.63) is 48.0 Å². The maximum atomic E-state index is 12.9. The van der Waals surface area contributed by atoms with Gasteiger partial charge in [-0.2, -0.15) is 4.31 Å². The van der Waals surface area contributed by atoms with Crippen LogP contribution in [-0.2, 0) is 24.8 Å². The summed E-state index contributed by atoms with van der Waals surface area (Å²) in [5.41, 5.74) is 1.59. The van der Waals surface area contributed by atoms with Gasteiger partial charge in [0.1, 0.15) is 5.75 Å². The van der Waals surface area contributed by atoms with E-state index in [4.69, 9.17) is 4.74 Å². The Bertz CT molecular complexity index is 1190. The number of carbonyl (C=O) groups excluding carboxylic acids is 1. The molecule has 0 aliphatic carbocycles. The Balaban J connectivity index is 1.62. The van der Waals surface area contributed by atoms with Gasteiger partial charge in [-0.3, -0.25) is 9.52 Å². The number of hydrogen-bond donors (Lipinski definition) is 2. The van der Waals surface area contributed by atoms with Crippen molar-refractivity contribution in [1.29, 1.82) is 0 Å². The highest BCUT2D eigenvalue weighted by atomic mass is 32.2. The van der Waals surface area contributed by atoms with Crippen LogP contribution in [0.2, 0.25) is 0 Å². The fraction of sp³-hybridized carbons (Fsp3) is 0.381. The van der Waals surface area contributed by atoms with Crippen molar-refractivity contribution in [3.63, 3.8) is 0 Å². The Morgan fingerprint density at radius 3 is 2.22 bits per heavy atom. The van der Waals surface area contributed by atoms with Crippen LogP contribution in [0.5, 0.6) is 5.75 Å². The van der Waals surface area contributed by atoms with Crippen molar-refractivity contribution in [3.8, 4) is 5.75 Å². The highest BCUT2D eigenvalue weighted by molar-refractivity contribution is 7.92. The van der Waals surface area contributed by atoms with E-state index in [0.717, 1.165) is 11.8 Å². The topological polar surface area (TPSA) is 122 Å². The van der Waals surface area contributed by atoms with Crippen LogP contribution in [0, 0.1) is 12.8 Å². The van der Waals surface area contributed by atoms with Crippen LogP contribution >= 0.6 is 0 Å². The summed E-state index contributed by atoms with van der Waals surface area (Å²) in [4.78, 5) is 12.9. The molecule has 0 unspecified atom stereocenters. The molecule has 0 spiro atoms. The minimum atomic E-state index is -3.64. The molecule has 0 saturated carbocycles. The molecule has 1 amide bonds. The van der Waals surface area contributed by atoms with Crippen molar-refractivity contribution in [2.24, 2.45) is 5.92 Å². The Morgan fingerprint density at radius 2 is 1.66 bits per heavy atom. The predicted molar refractivity (Wildman–Crippen MR) is 123 cm³/mol. The van der Waals surface area contributed by atoms with Crippen molar-refractivity contribution in [1.82, 2.24) is 4.31 Å². The van der Waals surface area contributed by atoms with E-state index in [1.165, 1.54) is 23.5 Å². The summed E-state index contributed by atoms with van der Waals surface area (Å²) in [6.45, 7) is 2.24. The molecule has 11 heteroatoms. The third-order valence-electron chi connectivity index (χ3n) is 5.32. The lowest BCUT2D eigenvalue weighted by Crippen LogP contribution is -2.41. The first-order chi connectivity index (χ1) is 15.0. The van der Waals surface area contributed by atoms with Gasteiger partial charge in [0.2, 0.25) is 26.0 Å². The monoisotopic (exact) mass is 481 g/mol. The second-order valence-corrected chi connectivity index (χ2v) is 11.4. The number of anilines is 2. The molecule has 0 aromatic heterocycles. The molecule has 2 aromatic rings. The molecule has 1 saturated heterocycles. The smallest absolute Gasteiger partial charge is 0.243 e. The van der Waals surface area contributed by atoms with Crippen molar-refractivity contribution < 1.29 is 26.4 Å². The number of nitrogens with one attached hydrogen (secondary N) is 2. The number of piperidine rings is 1. The number of aryl methyl sites for hydroxylation is 1. The second-order valence-electron chi connectivity index (χ2n) is 7.75. The quantitative estimate of drug-likeness (QED) is 0.626. The molecule has 1 aliphatic rings. The number of benzene rings is 2. The number of amides is 1. The van der Waals surface area contributed by atoms with E-state index < -0.39 is 20.0 Å². The van der Waals surface area contributed by atoms with Crippen LogP contribution in [0.25, 0.3) is 0 Å². The molecule has 2 N–H and O–H groups in total. The van der Waals surface area contributed by atoms with E-state index in [2.05, 4.69) is 10.0 Å². The fourth-order valence-corrected chi connectivity index (χ4v) is 5.60. The minimum Gasteiger partial charge on any atom is -0.497 e. The molecule has 0 atom stereocenters. The normalized spacial score (nSPS) is 15.8. The van der Waals surface area contributed by atoms with Crippen molar-refractivity contribution in [2.75, 3.05) is 36.5 Å². The SMILES string of the molecule is COc1ccc(S(=O)(=O)N2CCC(C(=O)Nc3ccc(C)c(NS(C)(=O)=O)c3)CC2)cc1. The summed E-state index contributed by atoms with van der Waals surface area (Å²) < 4.78 is 57.7. The van der Waals surface area contributed by atoms with Crippen LogP contribution in [0.15, 0.2) is 47.4 Å². The average molecular weight is 482 g/mol. The first-order valence-corrected chi connectivity index (χ1v) is 13.4. The molecule has 174 valence electrons. The molecule has 9 nitrogen and oxygen atoms in total. The number of hydrogen-bond acceptors (Lipinski definition) is 6. The van der Waals surface area contributed by atoms with Crippen molar-refractivity contribution in [2.45, 2.75) is 24.7 Å². The van der Waals surface area contributed by atoms with E-state index >= 15 is 0 Å². The number of sulfonamides is 2. The molecule has 0 bridgehead atoms. The van der Waals surface area contributed by atoms with E-state index in [9.17, 15) is 21.6 Å². The third kappa shape index (κ3) is 5.78. The van der Waals surface area contributed by atoms with Gasteiger partial charge >= 0.3 is 0 Å². The summed E-state index contributed by atoms with van der Waals surface area (Å²) in [5, 5.41) is 2.81. The predicted octanol–water partition coefficient (Wildman–Crippen LogP) is 2.41. The van der Waals surface area contributed by atoms with Gasteiger partial charge in [-0.05, 0) is 61.7 Å². The summed E-state index contributed by atoms with van der Waals surface area (Å²) in [5.74, 6) is 0.0101. The van der Waals surface area contributed by atoms with E-state index in [1.54, 1.807) is 37.3 Å². The number of rotatable bonds is 7. The average Bonchev–Trinajstić information content (AvgIpc) is 2.75. The molecular weight excluding hydrogens is 454 g/mol. The van der Waals surface area contributed by atoms with Crippen molar-refractivity contribution >= 4 is 37.3 Å². The highest BCUT2D eigenvalue weighted by Crippen LogP contribution is 2.27. The number of nitrogens with zero attached hydrogens (tertiary/aromatic N) is 1.